The summed E-state index contributed by atoms with van der Waals surface area (Å²) in [5.74, 6) is -0.419. The zero-order chi connectivity index (χ0) is 21.8. The highest BCUT2D eigenvalue weighted by molar-refractivity contribution is 6.03. The first-order valence-electron chi connectivity index (χ1n) is 9.42. The summed E-state index contributed by atoms with van der Waals surface area (Å²) in [5, 5.41) is 25.0. The lowest BCUT2D eigenvalue weighted by Crippen LogP contribution is -2.14. The molecule has 154 valence electrons. The van der Waals surface area contributed by atoms with Crippen molar-refractivity contribution in [3.8, 4) is 5.69 Å². The third-order valence-corrected chi connectivity index (χ3v) is 4.60. The minimum atomic E-state index is -0.486. The van der Waals surface area contributed by atoms with Crippen LogP contribution in [0, 0.1) is 17.0 Å². The number of rotatable bonds is 6. The number of nitro benzene ring substituents is 1. The first-order valence-corrected chi connectivity index (χ1v) is 9.42. The standard InChI is InChI=1S/C22H18N6O3/c1-15-21(25-26-27(15)19-8-5-9-20(14-19)28(30)31)22(29)24-18-12-10-17(11-13-18)23-16-6-3-2-4-7-16/h2-14,23H,1H3,(H,24,29). The van der Waals surface area contributed by atoms with Crippen LogP contribution < -0.4 is 10.6 Å². The molecule has 0 atom stereocenters. The molecule has 0 spiro atoms. The monoisotopic (exact) mass is 414 g/mol. The number of amides is 1. The van der Waals surface area contributed by atoms with E-state index in [4.69, 9.17) is 0 Å². The molecular formula is C22H18N6O3. The zero-order valence-electron chi connectivity index (χ0n) is 16.5. The maximum absolute atomic E-state index is 12.7. The summed E-state index contributed by atoms with van der Waals surface area (Å²) < 4.78 is 1.40. The lowest BCUT2D eigenvalue weighted by Gasteiger charge is -2.08. The van der Waals surface area contributed by atoms with E-state index >= 15 is 0 Å². The molecule has 0 unspecified atom stereocenters. The Morgan fingerprint density at radius 2 is 1.61 bits per heavy atom. The molecule has 4 rings (SSSR count). The number of carbonyl (C=O) groups excluding carboxylic acids is 1. The van der Waals surface area contributed by atoms with Gasteiger partial charge in [0.15, 0.2) is 5.69 Å². The number of non-ortho nitro benzene ring substituents is 1. The molecule has 0 fully saturated rings. The largest absolute Gasteiger partial charge is 0.356 e. The number of nitrogens with zero attached hydrogens (tertiary/aromatic N) is 4. The van der Waals surface area contributed by atoms with Gasteiger partial charge in [0.25, 0.3) is 11.6 Å². The third kappa shape index (κ3) is 4.40. The quantitative estimate of drug-likeness (QED) is 0.355. The molecule has 0 saturated carbocycles. The lowest BCUT2D eigenvalue weighted by atomic mass is 10.2. The number of hydrogen-bond donors (Lipinski definition) is 2. The van der Waals surface area contributed by atoms with Gasteiger partial charge in [-0.15, -0.1) is 5.10 Å². The van der Waals surface area contributed by atoms with Crippen LogP contribution in [-0.4, -0.2) is 25.8 Å². The van der Waals surface area contributed by atoms with Crippen LogP contribution in [0.1, 0.15) is 16.2 Å². The van der Waals surface area contributed by atoms with Gasteiger partial charge in [-0.05, 0) is 49.4 Å². The number of carbonyl (C=O) groups is 1. The number of hydrogen-bond acceptors (Lipinski definition) is 6. The molecule has 0 aliphatic heterocycles. The van der Waals surface area contributed by atoms with Gasteiger partial charge in [-0.3, -0.25) is 14.9 Å². The number of para-hydroxylation sites is 1. The van der Waals surface area contributed by atoms with Crippen molar-refractivity contribution in [3.05, 3.63) is 100 Å². The predicted molar refractivity (Wildman–Crippen MR) is 117 cm³/mol. The molecule has 3 aromatic carbocycles. The van der Waals surface area contributed by atoms with E-state index in [9.17, 15) is 14.9 Å². The molecule has 2 N–H and O–H groups in total. The molecule has 0 aliphatic rings. The normalized spacial score (nSPS) is 10.5. The van der Waals surface area contributed by atoms with E-state index in [1.54, 1.807) is 31.2 Å². The van der Waals surface area contributed by atoms with Gasteiger partial charge < -0.3 is 10.6 Å². The second kappa shape index (κ2) is 8.46. The second-order valence-corrected chi connectivity index (χ2v) is 6.73. The van der Waals surface area contributed by atoms with Gasteiger partial charge in [0.1, 0.15) is 0 Å². The number of anilines is 3. The fourth-order valence-electron chi connectivity index (χ4n) is 3.04. The van der Waals surface area contributed by atoms with Gasteiger partial charge in [-0.1, -0.05) is 29.5 Å². The Labute approximate surface area is 177 Å². The van der Waals surface area contributed by atoms with Crippen molar-refractivity contribution in [2.24, 2.45) is 0 Å². The third-order valence-electron chi connectivity index (χ3n) is 4.60. The SMILES string of the molecule is Cc1c(C(=O)Nc2ccc(Nc3ccccc3)cc2)nnn1-c1cccc([N+](=O)[O-])c1. The molecular weight excluding hydrogens is 396 g/mol. The van der Waals surface area contributed by atoms with Gasteiger partial charge >= 0.3 is 0 Å². The number of benzene rings is 3. The van der Waals surface area contributed by atoms with Crippen molar-refractivity contribution < 1.29 is 9.72 Å². The molecule has 0 saturated heterocycles. The lowest BCUT2D eigenvalue weighted by molar-refractivity contribution is -0.384. The van der Waals surface area contributed by atoms with E-state index in [-0.39, 0.29) is 11.4 Å². The molecule has 1 heterocycles. The van der Waals surface area contributed by atoms with Crippen molar-refractivity contribution in [3.63, 3.8) is 0 Å². The topological polar surface area (TPSA) is 115 Å². The van der Waals surface area contributed by atoms with Crippen LogP contribution in [0.15, 0.2) is 78.9 Å². The molecule has 1 aromatic heterocycles. The summed E-state index contributed by atoms with van der Waals surface area (Å²) in [4.78, 5) is 23.2. The summed E-state index contributed by atoms with van der Waals surface area (Å²) in [6.45, 7) is 1.68. The van der Waals surface area contributed by atoms with Crippen LogP contribution in [0.2, 0.25) is 0 Å². The van der Waals surface area contributed by atoms with E-state index in [2.05, 4.69) is 20.9 Å². The smallest absolute Gasteiger partial charge is 0.278 e. The van der Waals surface area contributed by atoms with Crippen LogP contribution in [0.3, 0.4) is 0 Å². The van der Waals surface area contributed by atoms with Crippen LogP contribution in [0.25, 0.3) is 5.69 Å². The molecule has 4 aromatic rings. The molecule has 9 nitrogen and oxygen atoms in total. The van der Waals surface area contributed by atoms with Gasteiger partial charge in [0.2, 0.25) is 0 Å². The van der Waals surface area contributed by atoms with E-state index in [1.165, 1.54) is 16.8 Å². The molecule has 31 heavy (non-hydrogen) atoms. The highest BCUT2D eigenvalue weighted by Gasteiger charge is 2.18. The summed E-state index contributed by atoms with van der Waals surface area (Å²) >= 11 is 0. The Morgan fingerprint density at radius 1 is 0.935 bits per heavy atom. The van der Waals surface area contributed by atoms with Crippen molar-refractivity contribution in [1.29, 1.82) is 0 Å². The fourth-order valence-corrected chi connectivity index (χ4v) is 3.04. The average molecular weight is 414 g/mol. The highest BCUT2D eigenvalue weighted by Crippen LogP contribution is 2.21. The number of nitro groups is 1. The molecule has 9 heteroatoms. The number of aromatic nitrogens is 3. The van der Waals surface area contributed by atoms with Gasteiger partial charge in [0, 0.05) is 29.2 Å². The van der Waals surface area contributed by atoms with Crippen molar-refractivity contribution >= 4 is 28.7 Å². The molecule has 0 radical (unpaired) electrons. The fraction of sp³-hybridized carbons (Fsp3) is 0.0455. The zero-order valence-corrected chi connectivity index (χ0v) is 16.5. The van der Waals surface area contributed by atoms with E-state index in [1.807, 2.05) is 42.5 Å². The van der Waals surface area contributed by atoms with Gasteiger partial charge in [-0.2, -0.15) is 0 Å². The number of nitrogens with one attached hydrogen (secondary N) is 2. The first-order chi connectivity index (χ1) is 15.0. The average Bonchev–Trinajstić information content (AvgIpc) is 3.17. The molecule has 0 aliphatic carbocycles. The maximum Gasteiger partial charge on any atom is 0.278 e. The summed E-state index contributed by atoms with van der Waals surface area (Å²) in [5.41, 5.74) is 3.45. The van der Waals surface area contributed by atoms with E-state index in [0.29, 0.717) is 17.1 Å². The van der Waals surface area contributed by atoms with Crippen molar-refractivity contribution in [1.82, 2.24) is 15.0 Å². The maximum atomic E-state index is 12.7. The van der Waals surface area contributed by atoms with Crippen LogP contribution in [0.4, 0.5) is 22.7 Å². The van der Waals surface area contributed by atoms with Crippen LogP contribution in [0.5, 0.6) is 0 Å². The first kappa shape index (κ1) is 19.8. The Hall–Kier alpha value is -4.53. The van der Waals surface area contributed by atoms with Crippen molar-refractivity contribution in [2.45, 2.75) is 6.92 Å². The predicted octanol–water partition coefficient (Wildman–Crippen LogP) is 4.48. The second-order valence-electron chi connectivity index (χ2n) is 6.73. The highest BCUT2D eigenvalue weighted by atomic mass is 16.6. The van der Waals surface area contributed by atoms with Crippen LogP contribution >= 0.6 is 0 Å². The van der Waals surface area contributed by atoms with E-state index in [0.717, 1.165) is 11.4 Å². The Balaban J connectivity index is 1.48. The summed E-state index contributed by atoms with van der Waals surface area (Å²) in [6.07, 6.45) is 0. The molecule has 1 amide bonds. The van der Waals surface area contributed by atoms with Crippen molar-refractivity contribution in [2.75, 3.05) is 10.6 Å². The van der Waals surface area contributed by atoms with Crippen LogP contribution in [-0.2, 0) is 0 Å². The van der Waals surface area contributed by atoms with Gasteiger partial charge in [-0.25, -0.2) is 4.68 Å². The Kier molecular flexibility index (Phi) is 5.39. The molecule has 0 bridgehead atoms. The van der Waals surface area contributed by atoms with E-state index < -0.39 is 10.8 Å². The summed E-state index contributed by atoms with van der Waals surface area (Å²) in [6, 6.07) is 23.0. The minimum absolute atomic E-state index is 0.0670. The minimum Gasteiger partial charge on any atom is -0.356 e. The summed E-state index contributed by atoms with van der Waals surface area (Å²) in [7, 11) is 0. The Bertz CT molecular complexity index is 1240. The Morgan fingerprint density at radius 3 is 2.32 bits per heavy atom. The van der Waals surface area contributed by atoms with Gasteiger partial charge in [0.05, 0.1) is 16.3 Å².